The van der Waals surface area contributed by atoms with Crippen molar-refractivity contribution in [1.29, 1.82) is 0 Å². The number of nitrogens with one attached hydrogen (secondary N) is 1. The van der Waals surface area contributed by atoms with E-state index in [-0.39, 0.29) is 6.09 Å². The SMILES string of the molecule is CC(C)(C)OC(=O)N1CCN(NC(C(=O)O)c2ccc(OCc3ccccc3)cc2)CC1. The lowest BCUT2D eigenvalue weighted by atomic mass is 10.1. The predicted molar refractivity (Wildman–Crippen MR) is 120 cm³/mol. The molecule has 2 aromatic rings. The molecule has 0 aliphatic carbocycles. The van der Waals surface area contributed by atoms with Crippen LogP contribution in [-0.2, 0) is 16.1 Å². The van der Waals surface area contributed by atoms with Crippen LogP contribution in [0.25, 0.3) is 0 Å². The average Bonchev–Trinajstić information content (AvgIpc) is 2.76. The summed E-state index contributed by atoms with van der Waals surface area (Å²) in [5.41, 5.74) is 4.21. The van der Waals surface area contributed by atoms with Gasteiger partial charge < -0.3 is 19.5 Å². The van der Waals surface area contributed by atoms with Gasteiger partial charge in [-0.05, 0) is 44.0 Å². The predicted octanol–water partition coefficient (Wildman–Crippen LogP) is 3.45. The van der Waals surface area contributed by atoms with Crippen molar-refractivity contribution < 1.29 is 24.2 Å². The first-order chi connectivity index (χ1) is 15.2. The highest BCUT2D eigenvalue weighted by Crippen LogP contribution is 2.20. The molecule has 1 atom stereocenters. The third kappa shape index (κ3) is 6.96. The van der Waals surface area contributed by atoms with Gasteiger partial charge in [0.25, 0.3) is 0 Å². The maximum Gasteiger partial charge on any atom is 0.410 e. The molecule has 1 amide bonds. The minimum atomic E-state index is -0.975. The second kappa shape index (κ2) is 10.5. The van der Waals surface area contributed by atoms with Crippen molar-refractivity contribution in [2.24, 2.45) is 0 Å². The molecule has 1 heterocycles. The summed E-state index contributed by atoms with van der Waals surface area (Å²) in [5.74, 6) is -0.301. The van der Waals surface area contributed by atoms with Crippen LogP contribution in [0, 0.1) is 0 Å². The Morgan fingerprint density at radius 3 is 2.19 bits per heavy atom. The van der Waals surface area contributed by atoms with E-state index in [9.17, 15) is 14.7 Å². The number of carboxylic acid groups (broad SMARTS) is 1. The van der Waals surface area contributed by atoms with Crippen molar-refractivity contribution in [3.05, 3.63) is 65.7 Å². The number of hydrogen-bond acceptors (Lipinski definition) is 6. The number of aliphatic carboxylic acids is 1. The fraction of sp³-hybridized carbons (Fsp3) is 0.417. The second-order valence-electron chi connectivity index (χ2n) is 8.70. The summed E-state index contributed by atoms with van der Waals surface area (Å²) in [5, 5.41) is 11.6. The summed E-state index contributed by atoms with van der Waals surface area (Å²) in [4.78, 5) is 25.7. The van der Waals surface area contributed by atoms with Crippen LogP contribution in [0.2, 0.25) is 0 Å². The lowest BCUT2D eigenvalue weighted by Crippen LogP contribution is -2.55. The Labute approximate surface area is 188 Å². The van der Waals surface area contributed by atoms with Gasteiger partial charge in [0.1, 0.15) is 24.0 Å². The van der Waals surface area contributed by atoms with Crippen LogP contribution >= 0.6 is 0 Å². The highest BCUT2D eigenvalue weighted by Gasteiger charge is 2.28. The zero-order chi connectivity index (χ0) is 23.1. The molecule has 32 heavy (non-hydrogen) atoms. The number of amides is 1. The molecular weight excluding hydrogens is 410 g/mol. The quantitative estimate of drug-likeness (QED) is 0.680. The number of carbonyl (C=O) groups excluding carboxylic acids is 1. The molecule has 2 N–H and O–H groups in total. The highest BCUT2D eigenvalue weighted by molar-refractivity contribution is 5.75. The third-order valence-electron chi connectivity index (χ3n) is 4.95. The number of benzene rings is 2. The van der Waals surface area contributed by atoms with Crippen LogP contribution in [-0.4, -0.2) is 58.9 Å². The van der Waals surface area contributed by atoms with E-state index in [0.29, 0.717) is 44.1 Å². The largest absolute Gasteiger partial charge is 0.489 e. The summed E-state index contributed by atoms with van der Waals surface area (Å²) < 4.78 is 11.2. The lowest BCUT2D eigenvalue weighted by Gasteiger charge is -2.36. The van der Waals surface area contributed by atoms with Gasteiger partial charge in [0.05, 0.1) is 0 Å². The molecule has 8 heteroatoms. The summed E-state index contributed by atoms with van der Waals surface area (Å²) in [6.45, 7) is 7.86. The molecule has 8 nitrogen and oxygen atoms in total. The van der Waals surface area contributed by atoms with Crippen LogP contribution < -0.4 is 10.2 Å². The van der Waals surface area contributed by atoms with Gasteiger partial charge in [0.15, 0.2) is 0 Å². The Kier molecular flexibility index (Phi) is 7.71. The van der Waals surface area contributed by atoms with Gasteiger partial charge in [-0.1, -0.05) is 42.5 Å². The van der Waals surface area contributed by atoms with Gasteiger partial charge in [-0.2, -0.15) is 0 Å². The molecule has 1 aliphatic rings. The number of ether oxygens (including phenoxy) is 2. The van der Waals surface area contributed by atoms with Crippen LogP contribution in [0.1, 0.15) is 37.9 Å². The number of nitrogens with zero attached hydrogens (tertiary/aromatic N) is 2. The molecular formula is C24H31N3O5. The molecule has 0 aromatic heterocycles. The van der Waals surface area contributed by atoms with Gasteiger partial charge in [-0.3, -0.25) is 4.79 Å². The van der Waals surface area contributed by atoms with Gasteiger partial charge in [0, 0.05) is 26.2 Å². The van der Waals surface area contributed by atoms with Crippen LogP contribution in [0.15, 0.2) is 54.6 Å². The fourth-order valence-electron chi connectivity index (χ4n) is 3.30. The summed E-state index contributed by atoms with van der Waals surface area (Å²) in [6.07, 6.45) is -0.349. The van der Waals surface area contributed by atoms with E-state index in [1.807, 2.05) is 56.1 Å². The molecule has 0 radical (unpaired) electrons. The molecule has 172 valence electrons. The molecule has 0 bridgehead atoms. The minimum Gasteiger partial charge on any atom is -0.489 e. The zero-order valence-corrected chi connectivity index (χ0v) is 18.8. The van der Waals surface area contributed by atoms with Gasteiger partial charge in [-0.25, -0.2) is 15.2 Å². The molecule has 3 rings (SSSR count). The van der Waals surface area contributed by atoms with E-state index in [1.54, 1.807) is 29.2 Å². The topological polar surface area (TPSA) is 91.3 Å². The zero-order valence-electron chi connectivity index (χ0n) is 18.8. The fourth-order valence-corrected chi connectivity index (χ4v) is 3.30. The number of piperazine rings is 1. The van der Waals surface area contributed by atoms with Gasteiger partial charge in [-0.15, -0.1) is 0 Å². The molecule has 1 fully saturated rings. The normalized spacial score (nSPS) is 15.8. The van der Waals surface area contributed by atoms with Gasteiger partial charge >= 0.3 is 12.1 Å². The van der Waals surface area contributed by atoms with Crippen molar-refractivity contribution in [2.75, 3.05) is 26.2 Å². The summed E-state index contributed by atoms with van der Waals surface area (Å²) >= 11 is 0. The Balaban J connectivity index is 1.53. The van der Waals surface area contributed by atoms with Gasteiger partial charge in [0.2, 0.25) is 0 Å². The van der Waals surface area contributed by atoms with Crippen molar-refractivity contribution in [3.63, 3.8) is 0 Å². The van der Waals surface area contributed by atoms with Crippen molar-refractivity contribution in [1.82, 2.24) is 15.3 Å². The molecule has 1 saturated heterocycles. The van der Waals surface area contributed by atoms with E-state index in [0.717, 1.165) is 5.56 Å². The second-order valence-corrected chi connectivity index (χ2v) is 8.70. The number of carbonyl (C=O) groups is 2. The summed E-state index contributed by atoms with van der Waals surface area (Å²) in [7, 11) is 0. The van der Waals surface area contributed by atoms with E-state index in [4.69, 9.17) is 9.47 Å². The smallest absolute Gasteiger partial charge is 0.410 e. The monoisotopic (exact) mass is 441 g/mol. The first-order valence-electron chi connectivity index (χ1n) is 10.7. The Hall–Kier alpha value is -3.10. The number of rotatable bonds is 7. The number of hydrogen-bond donors (Lipinski definition) is 2. The maximum absolute atomic E-state index is 12.2. The molecule has 0 spiro atoms. The molecule has 2 aromatic carbocycles. The Morgan fingerprint density at radius 2 is 1.62 bits per heavy atom. The van der Waals surface area contributed by atoms with Crippen molar-refractivity contribution in [2.45, 2.75) is 39.0 Å². The van der Waals surface area contributed by atoms with E-state index >= 15 is 0 Å². The van der Waals surface area contributed by atoms with Crippen LogP contribution in [0.4, 0.5) is 4.79 Å². The number of carboxylic acids is 1. The first-order valence-corrected chi connectivity index (χ1v) is 10.7. The minimum absolute atomic E-state index is 0.349. The molecule has 1 unspecified atom stereocenters. The third-order valence-corrected chi connectivity index (χ3v) is 4.95. The maximum atomic E-state index is 12.2. The van der Waals surface area contributed by atoms with Crippen molar-refractivity contribution in [3.8, 4) is 5.75 Å². The molecule has 0 saturated carbocycles. The van der Waals surface area contributed by atoms with Crippen LogP contribution in [0.3, 0.4) is 0 Å². The van der Waals surface area contributed by atoms with E-state index < -0.39 is 17.6 Å². The van der Waals surface area contributed by atoms with E-state index in [1.165, 1.54) is 0 Å². The Bertz CT molecular complexity index is 888. The lowest BCUT2D eigenvalue weighted by molar-refractivity contribution is -0.141. The first kappa shape index (κ1) is 23.6. The molecule has 1 aliphatic heterocycles. The van der Waals surface area contributed by atoms with Crippen LogP contribution in [0.5, 0.6) is 5.75 Å². The van der Waals surface area contributed by atoms with Crippen molar-refractivity contribution >= 4 is 12.1 Å². The number of hydrazine groups is 1. The Morgan fingerprint density at radius 1 is 1.00 bits per heavy atom. The highest BCUT2D eigenvalue weighted by atomic mass is 16.6. The standard InChI is InChI=1S/C24H31N3O5/c1-24(2,3)32-23(30)26-13-15-27(16-14-26)25-21(22(28)29)19-9-11-20(12-10-19)31-17-18-7-5-4-6-8-18/h4-12,21,25H,13-17H2,1-3H3,(H,28,29). The average molecular weight is 442 g/mol. The van der Waals surface area contributed by atoms with E-state index in [2.05, 4.69) is 5.43 Å². The summed E-state index contributed by atoms with van der Waals surface area (Å²) in [6, 6.07) is 16.0.